The zero-order valence-electron chi connectivity index (χ0n) is 15.1. The Morgan fingerprint density at radius 3 is 2.42 bits per heavy atom. The fourth-order valence-electron chi connectivity index (χ4n) is 1.99. The summed E-state index contributed by atoms with van der Waals surface area (Å²) in [6, 6.07) is 6.80. The highest BCUT2D eigenvalue weighted by Crippen LogP contribution is 2.14. The van der Waals surface area contributed by atoms with Crippen molar-refractivity contribution in [2.75, 3.05) is 32.1 Å². The van der Waals surface area contributed by atoms with E-state index in [1.807, 2.05) is 6.92 Å². The van der Waals surface area contributed by atoms with Crippen LogP contribution in [0.2, 0.25) is 5.02 Å². The normalized spacial score (nSPS) is 12.7. The van der Waals surface area contributed by atoms with Crippen molar-refractivity contribution in [1.82, 2.24) is 16.0 Å². The third kappa shape index (κ3) is 10.2. The maximum atomic E-state index is 12.0. The third-order valence-corrected chi connectivity index (χ3v) is 4.66. The average molecular weight is 517 g/mol. The summed E-state index contributed by atoms with van der Waals surface area (Å²) < 4.78 is 22.4. The van der Waals surface area contributed by atoms with Gasteiger partial charge in [0.25, 0.3) is 5.91 Å². The highest BCUT2D eigenvalue weighted by Gasteiger charge is 2.10. The Hall–Kier alpha value is -1.07. The van der Waals surface area contributed by atoms with Gasteiger partial charge in [-0.2, -0.15) is 0 Å². The van der Waals surface area contributed by atoms with Crippen LogP contribution in [-0.2, 0) is 9.84 Å². The van der Waals surface area contributed by atoms with Crippen molar-refractivity contribution in [1.29, 1.82) is 0 Å². The predicted octanol–water partition coefficient (Wildman–Crippen LogP) is 1.68. The van der Waals surface area contributed by atoms with E-state index in [0.717, 1.165) is 0 Å². The molecule has 1 amide bonds. The van der Waals surface area contributed by atoms with E-state index in [1.54, 1.807) is 31.3 Å². The SMILES string of the molecule is CN=C(NCCNC(=O)c1ccccc1Cl)NC(C)CCS(C)(=O)=O.I. The Morgan fingerprint density at radius 2 is 1.85 bits per heavy atom. The Balaban J connectivity index is 0.00000625. The smallest absolute Gasteiger partial charge is 0.252 e. The molecular weight excluding hydrogens is 491 g/mol. The number of carbonyl (C=O) groups excluding carboxylic acids is 1. The number of nitrogens with one attached hydrogen (secondary N) is 3. The van der Waals surface area contributed by atoms with E-state index in [9.17, 15) is 13.2 Å². The van der Waals surface area contributed by atoms with Crippen molar-refractivity contribution >= 4 is 57.3 Å². The van der Waals surface area contributed by atoms with Crippen LogP contribution in [0.5, 0.6) is 0 Å². The lowest BCUT2D eigenvalue weighted by Crippen LogP contribution is -2.45. The molecule has 0 aliphatic carbocycles. The summed E-state index contributed by atoms with van der Waals surface area (Å²) in [4.78, 5) is 16.1. The molecule has 1 rings (SSSR count). The number of amides is 1. The van der Waals surface area contributed by atoms with Gasteiger partial charge in [-0.15, -0.1) is 24.0 Å². The van der Waals surface area contributed by atoms with Crippen LogP contribution in [0.3, 0.4) is 0 Å². The molecule has 0 aromatic heterocycles. The van der Waals surface area contributed by atoms with Gasteiger partial charge in [-0.25, -0.2) is 8.42 Å². The number of carbonyl (C=O) groups is 1. The van der Waals surface area contributed by atoms with Gasteiger partial charge >= 0.3 is 0 Å². The van der Waals surface area contributed by atoms with Crippen molar-refractivity contribution < 1.29 is 13.2 Å². The van der Waals surface area contributed by atoms with Gasteiger partial charge in [-0.3, -0.25) is 9.79 Å². The molecule has 0 saturated heterocycles. The molecule has 0 bridgehead atoms. The first-order chi connectivity index (χ1) is 11.7. The van der Waals surface area contributed by atoms with Gasteiger partial charge in [0.15, 0.2) is 5.96 Å². The second kappa shape index (κ2) is 12.3. The first-order valence-electron chi connectivity index (χ1n) is 7.90. The first-order valence-corrected chi connectivity index (χ1v) is 10.3. The van der Waals surface area contributed by atoms with Crippen molar-refractivity contribution in [3.8, 4) is 0 Å². The van der Waals surface area contributed by atoms with Crippen LogP contribution in [0.25, 0.3) is 0 Å². The molecular formula is C16H26ClIN4O3S. The number of halogens is 2. The maximum Gasteiger partial charge on any atom is 0.252 e. The van der Waals surface area contributed by atoms with Crippen LogP contribution < -0.4 is 16.0 Å². The number of hydrogen-bond donors (Lipinski definition) is 3. The van der Waals surface area contributed by atoms with Gasteiger partial charge in [0, 0.05) is 32.4 Å². The van der Waals surface area contributed by atoms with Crippen molar-refractivity contribution in [3.05, 3.63) is 34.9 Å². The summed E-state index contributed by atoms with van der Waals surface area (Å²) in [7, 11) is -1.35. The van der Waals surface area contributed by atoms with Crippen LogP contribution in [0.1, 0.15) is 23.7 Å². The van der Waals surface area contributed by atoms with Crippen LogP contribution in [0, 0.1) is 0 Å². The van der Waals surface area contributed by atoms with Gasteiger partial charge in [-0.1, -0.05) is 23.7 Å². The summed E-state index contributed by atoms with van der Waals surface area (Å²) >= 11 is 5.98. The minimum Gasteiger partial charge on any atom is -0.355 e. The summed E-state index contributed by atoms with van der Waals surface area (Å²) in [5.74, 6) is 0.427. The average Bonchev–Trinajstić information content (AvgIpc) is 2.55. The largest absolute Gasteiger partial charge is 0.355 e. The summed E-state index contributed by atoms with van der Waals surface area (Å²) in [6.07, 6.45) is 1.71. The molecule has 1 aromatic rings. The van der Waals surface area contributed by atoms with Gasteiger partial charge in [0.1, 0.15) is 9.84 Å². The number of hydrogen-bond acceptors (Lipinski definition) is 4. The lowest BCUT2D eigenvalue weighted by molar-refractivity contribution is 0.0954. The lowest BCUT2D eigenvalue weighted by atomic mass is 10.2. The van der Waals surface area contributed by atoms with E-state index >= 15 is 0 Å². The second-order valence-corrected chi connectivity index (χ2v) is 8.37. The van der Waals surface area contributed by atoms with E-state index in [4.69, 9.17) is 11.6 Å². The predicted molar refractivity (Wildman–Crippen MR) is 117 cm³/mol. The summed E-state index contributed by atoms with van der Waals surface area (Å²) in [5.41, 5.74) is 0.432. The molecule has 0 saturated carbocycles. The fourth-order valence-corrected chi connectivity index (χ4v) is 2.99. The van der Waals surface area contributed by atoms with Crippen molar-refractivity contribution in [2.24, 2.45) is 4.99 Å². The molecule has 1 atom stereocenters. The van der Waals surface area contributed by atoms with Gasteiger partial charge in [0.05, 0.1) is 16.3 Å². The zero-order valence-corrected chi connectivity index (χ0v) is 19.0. The molecule has 0 radical (unpaired) electrons. The Labute approximate surface area is 177 Å². The van der Waals surface area contributed by atoms with E-state index in [2.05, 4.69) is 20.9 Å². The minimum absolute atomic E-state index is 0. The number of aliphatic imine (C=N–C) groups is 1. The molecule has 0 fully saturated rings. The number of sulfone groups is 1. The minimum atomic E-state index is -2.98. The first kappa shape index (κ1) is 24.9. The molecule has 148 valence electrons. The van der Waals surface area contributed by atoms with E-state index in [1.165, 1.54) is 6.26 Å². The molecule has 1 unspecified atom stereocenters. The monoisotopic (exact) mass is 516 g/mol. The topological polar surface area (TPSA) is 99.7 Å². The van der Waals surface area contributed by atoms with Gasteiger partial charge in [0.2, 0.25) is 0 Å². The molecule has 26 heavy (non-hydrogen) atoms. The van der Waals surface area contributed by atoms with E-state index < -0.39 is 9.84 Å². The van der Waals surface area contributed by atoms with Gasteiger partial charge < -0.3 is 16.0 Å². The third-order valence-electron chi connectivity index (χ3n) is 3.35. The molecule has 3 N–H and O–H groups in total. The number of benzene rings is 1. The van der Waals surface area contributed by atoms with Crippen LogP contribution in [0.4, 0.5) is 0 Å². The van der Waals surface area contributed by atoms with Gasteiger partial charge in [-0.05, 0) is 25.5 Å². The molecule has 0 aliphatic rings. The summed E-state index contributed by atoms with van der Waals surface area (Å²) in [5, 5.41) is 9.35. The highest BCUT2D eigenvalue weighted by atomic mass is 127. The Bertz CT molecular complexity index is 713. The molecule has 0 heterocycles. The maximum absolute atomic E-state index is 12.0. The highest BCUT2D eigenvalue weighted by molar-refractivity contribution is 14.0. The molecule has 0 spiro atoms. The number of guanidine groups is 1. The van der Waals surface area contributed by atoms with Crippen molar-refractivity contribution in [3.63, 3.8) is 0 Å². The molecule has 7 nitrogen and oxygen atoms in total. The number of rotatable bonds is 8. The second-order valence-electron chi connectivity index (χ2n) is 5.70. The Morgan fingerprint density at radius 1 is 1.23 bits per heavy atom. The standard InChI is InChI=1S/C16H25ClN4O3S.HI/c1-12(8-11-25(3,23)24)21-16(18-2)20-10-9-19-15(22)13-6-4-5-7-14(13)17;/h4-7,12H,8-11H2,1-3H3,(H,19,22)(H2,18,20,21);1H. The Kier molecular flexibility index (Phi) is 11.8. The molecule has 1 aromatic carbocycles. The molecule has 0 aliphatic heterocycles. The summed E-state index contributed by atoms with van der Waals surface area (Å²) in [6.45, 7) is 2.74. The van der Waals surface area contributed by atoms with E-state index in [-0.39, 0.29) is 41.7 Å². The van der Waals surface area contributed by atoms with Crippen molar-refractivity contribution in [2.45, 2.75) is 19.4 Å². The fraction of sp³-hybridized carbons (Fsp3) is 0.500. The quantitative estimate of drug-likeness (QED) is 0.211. The number of nitrogens with zero attached hydrogens (tertiary/aromatic N) is 1. The van der Waals surface area contributed by atoms with Crippen LogP contribution in [-0.4, -0.2) is 58.5 Å². The van der Waals surface area contributed by atoms with E-state index in [0.29, 0.717) is 36.1 Å². The molecule has 10 heteroatoms. The van der Waals surface area contributed by atoms with Crippen LogP contribution in [0.15, 0.2) is 29.3 Å². The lowest BCUT2D eigenvalue weighted by Gasteiger charge is -2.17. The zero-order chi connectivity index (χ0) is 18.9. The van der Waals surface area contributed by atoms with Crippen LogP contribution >= 0.6 is 35.6 Å².